The molecule has 0 aliphatic carbocycles. The highest BCUT2D eigenvalue weighted by Gasteiger charge is 2.31. The van der Waals surface area contributed by atoms with Gasteiger partial charge in [-0.1, -0.05) is 23.4 Å². The van der Waals surface area contributed by atoms with Gasteiger partial charge in [0.1, 0.15) is 23.0 Å². The zero-order valence-corrected chi connectivity index (χ0v) is 22.2. The molecule has 1 aromatic heterocycles. The third-order valence-electron chi connectivity index (χ3n) is 6.20. The molecule has 3 aromatic rings. The molecule has 0 bridgehead atoms. The van der Waals surface area contributed by atoms with Crippen molar-refractivity contribution < 1.29 is 32.7 Å². The Morgan fingerprint density at radius 3 is 2.84 bits per heavy atom. The molecule has 5 rings (SSSR count). The lowest BCUT2D eigenvalue weighted by molar-refractivity contribution is -0.123. The van der Waals surface area contributed by atoms with E-state index in [2.05, 4.69) is 36.7 Å². The van der Waals surface area contributed by atoms with Crippen molar-refractivity contribution in [1.82, 2.24) is 15.6 Å². The number of oxime groups is 1. The van der Waals surface area contributed by atoms with Crippen LogP contribution in [0.4, 0.5) is 4.79 Å². The Bertz CT molecular complexity index is 1580. The van der Waals surface area contributed by atoms with Gasteiger partial charge in [-0.25, -0.2) is 13.2 Å². The van der Waals surface area contributed by atoms with Gasteiger partial charge in [0.25, 0.3) is 0 Å². The van der Waals surface area contributed by atoms with Crippen molar-refractivity contribution in [2.24, 2.45) is 5.16 Å². The fourth-order valence-electron chi connectivity index (χ4n) is 4.28. The number of alkyl carbamates (subject to hydrolysis) is 1. The third-order valence-corrected chi connectivity index (χ3v) is 8.55. The topological polar surface area (TPSA) is 159 Å². The predicted octanol–water partition coefficient (Wildman–Crippen LogP) is 2.95. The van der Waals surface area contributed by atoms with Crippen LogP contribution < -0.4 is 10.6 Å². The summed E-state index contributed by atoms with van der Waals surface area (Å²) >= 11 is 3.25. The summed E-state index contributed by atoms with van der Waals surface area (Å²) in [7, 11) is -3.76. The smallest absolute Gasteiger partial charge is 0.408 e. The number of aromatic amines is 1. The largest absolute Gasteiger partial charge is 0.508 e. The van der Waals surface area contributed by atoms with E-state index in [-0.39, 0.29) is 34.6 Å². The number of halogens is 1. The van der Waals surface area contributed by atoms with E-state index >= 15 is 0 Å². The van der Waals surface area contributed by atoms with Crippen molar-refractivity contribution in [2.45, 2.75) is 29.9 Å². The van der Waals surface area contributed by atoms with Crippen LogP contribution in [0.3, 0.4) is 0 Å². The number of nitrogens with one attached hydrogen (secondary N) is 3. The van der Waals surface area contributed by atoms with E-state index in [0.717, 1.165) is 5.52 Å². The quantitative estimate of drug-likeness (QED) is 0.308. The number of hydrogen-bond donors (Lipinski definition) is 4. The van der Waals surface area contributed by atoms with Crippen molar-refractivity contribution in [1.29, 1.82) is 0 Å². The number of phenols is 1. The maximum absolute atomic E-state index is 13.1. The number of carbonyl (C=O) groups excluding carboxylic acids is 2. The number of benzene rings is 2. The van der Waals surface area contributed by atoms with Crippen LogP contribution >= 0.6 is 15.9 Å². The molecule has 4 N–H and O–H groups in total. The van der Waals surface area contributed by atoms with Crippen LogP contribution in [-0.4, -0.2) is 60.4 Å². The lowest BCUT2D eigenvalue weighted by atomic mass is 10.0. The van der Waals surface area contributed by atoms with E-state index in [1.807, 2.05) is 0 Å². The van der Waals surface area contributed by atoms with Gasteiger partial charge in [0.15, 0.2) is 6.10 Å². The van der Waals surface area contributed by atoms with Crippen LogP contribution in [0.15, 0.2) is 63.6 Å². The molecule has 0 saturated carbocycles. The number of sulfone groups is 1. The average molecular weight is 603 g/mol. The summed E-state index contributed by atoms with van der Waals surface area (Å²) in [5.41, 5.74) is 1.95. The zero-order valence-electron chi connectivity index (χ0n) is 19.8. The highest BCUT2D eigenvalue weighted by Crippen LogP contribution is 2.32. The predicted molar refractivity (Wildman–Crippen MR) is 142 cm³/mol. The Balaban J connectivity index is 1.28. The molecule has 2 aliphatic heterocycles. The van der Waals surface area contributed by atoms with Crippen molar-refractivity contribution in [3.63, 3.8) is 0 Å². The van der Waals surface area contributed by atoms with Crippen LogP contribution in [0.1, 0.15) is 17.5 Å². The number of aromatic hydroxyl groups is 1. The number of aromatic nitrogens is 1. The van der Waals surface area contributed by atoms with Gasteiger partial charge in [-0.05, 0) is 57.4 Å². The van der Waals surface area contributed by atoms with E-state index in [4.69, 9.17) is 9.57 Å². The first kappa shape index (κ1) is 25.8. The Hall–Kier alpha value is -3.84. The number of fused-ring (bicyclic) bond motifs is 2. The van der Waals surface area contributed by atoms with Crippen molar-refractivity contribution in [2.75, 3.05) is 13.2 Å². The summed E-state index contributed by atoms with van der Waals surface area (Å²) in [5.74, 6) is -0.439. The number of nitrogens with zero attached hydrogens (tertiary/aromatic N) is 1. The minimum Gasteiger partial charge on any atom is -0.508 e. The highest BCUT2D eigenvalue weighted by atomic mass is 79.9. The first-order chi connectivity index (χ1) is 18.2. The normalized spacial score (nSPS) is 18.2. The van der Waals surface area contributed by atoms with Gasteiger partial charge < -0.3 is 30.3 Å². The first-order valence-electron chi connectivity index (χ1n) is 11.6. The molecule has 0 fully saturated rings. The van der Waals surface area contributed by atoms with Crippen molar-refractivity contribution in [3.05, 3.63) is 64.7 Å². The molecule has 11 nitrogen and oxygen atoms in total. The molecule has 2 amide bonds. The lowest BCUT2D eigenvalue weighted by Crippen LogP contribution is -2.49. The molecule has 3 heterocycles. The second-order valence-corrected chi connectivity index (χ2v) is 11.7. The summed E-state index contributed by atoms with van der Waals surface area (Å²) in [4.78, 5) is 34.2. The number of H-pyrrole nitrogens is 1. The molecule has 198 valence electrons. The second-order valence-electron chi connectivity index (χ2n) is 8.82. The number of ether oxygens (including phenoxy) is 1. The van der Waals surface area contributed by atoms with Gasteiger partial charge in [0, 0.05) is 29.9 Å². The molecule has 1 unspecified atom stereocenters. The molecular formula is C25H23BrN4O7S. The van der Waals surface area contributed by atoms with Gasteiger partial charge in [-0.2, -0.15) is 0 Å². The number of phenolic OH excluding ortho intramolecular Hbond substituents is 1. The number of carbonyl (C=O) groups is 2. The van der Waals surface area contributed by atoms with Gasteiger partial charge in [-0.15, -0.1) is 0 Å². The Morgan fingerprint density at radius 1 is 1.26 bits per heavy atom. The monoisotopic (exact) mass is 602 g/mol. The fraction of sp³-hybridized carbons (Fsp3) is 0.240. The van der Waals surface area contributed by atoms with Crippen LogP contribution in [0.2, 0.25) is 0 Å². The van der Waals surface area contributed by atoms with Crippen molar-refractivity contribution in [3.8, 4) is 5.75 Å². The third kappa shape index (κ3) is 5.38. The summed E-state index contributed by atoms with van der Waals surface area (Å²) in [6.07, 6.45) is 2.41. The van der Waals surface area contributed by atoms with Gasteiger partial charge >= 0.3 is 6.09 Å². The maximum atomic E-state index is 13.1. The second kappa shape index (κ2) is 10.5. The Morgan fingerprint density at radius 2 is 2.08 bits per heavy atom. The minimum atomic E-state index is -3.76. The standard InChI is InChI=1S/C25H23BrN4O7S/c26-23-10-17(37-30-23)12-28-24(32)21(8-15-11-27-20-6-5-16(31)9-19(15)20)29-25(33)36-13-18-7-14-3-1-2-4-22(14)38(18,34)35/h1-7,9,11,17,21,27,31H,8,10,12-13H2,(H,28,32)(H,29,33)/t17?,21-/m0/s1. The molecule has 38 heavy (non-hydrogen) atoms. The van der Waals surface area contributed by atoms with Crippen molar-refractivity contribution >= 4 is 59.4 Å². The molecule has 2 atom stereocenters. The maximum Gasteiger partial charge on any atom is 0.408 e. The van der Waals surface area contributed by atoms with Gasteiger partial charge in [0.05, 0.1) is 16.3 Å². The van der Waals surface area contributed by atoms with Gasteiger partial charge in [0.2, 0.25) is 15.7 Å². The SMILES string of the molecule is O=C(N[C@@H](Cc1c[nH]c2ccc(O)cc12)C(=O)NCC1CC(Br)=NO1)OCC1=Cc2ccccc2S1(=O)=O. The summed E-state index contributed by atoms with van der Waals surface area (Å²) in [6.45, 7) is -0.331. The molecule has 0 spiro atoms. The number of amides is 2. The summed E-state index contributed by atoms with van der Waals surface area (Å²) in [5, 5.41) is 19.7. The zero-order chi connectivity index (χ0) is 26.9. The van der Waals surface area contributed by atoms with E-state index in [1.165, 1.54) is 18.2 Å². The van der Waals surface area contributed by atoms with Crippen LogP contribution in [0, 0.1) is 0 Å². The summed E-state index contributed by atoms with van der Waals surface area (Å²) in [6, 6.07) is 10.2. The van der Waals surface area contributed by atoms with E-state index in [0.29, 0.717) is 27.6 Å². The van der Waals surface area contributed by atoms with E-state index in [9.17, 15) is 23.1 Å². The Kier molecular flexibility index (Phi) is 7.13. The molecule has 2 aromatic carbocycles. The average Bonchev–Trinajstić information content (AvgIpc) is 3.56. The number of rotatable bonds is 8. The lowest BCUT2D eigenvalue weighted by Gasteiger charge is -2.19. The molecule has 0 radical (unpaired) electrons. The van der Waals surface area contributed by atoms with Crippen LogP contribution in [0.5, 0.6) is 5.75 Å². The van der Waals surface area contributed by atoms with E-state index < -0.39 is 34.5 Å². The molecular weight excluding hydrogens is 580 g/mol. The van der Waals surface area contributed by atoms with E-state index in [1.54, 1.807) is 36.5 Å². The number of hydrogen-bond acceptors (Lipinski definition) is 8. The molecule has 13 heteroatoms. The summed E-state index contributed by atoms with van der Waals surface area (Å²) < 4.78 is 31.3. The molecule has 0 saturated heterocycles. The Labute approximate surface area is 225 Å². The van der Waals surface area contributed by atoms with Gasteiger partial charge in [-0.3, -0.25) is 4.79 Å². The van der Waals surface area contributed by atoms with Crippen LogP contribution in [0.25, 0.3) is 17.0 Å². The first-order valence-corrected chi connectivity index (χ1v) is 13.9. The fourth-order valence-corrected chi connectivity index (χ4v) is 6.20. The molecule has 2 aliphatic rings. The van der Waals surface area contributed by atoms with Crippen LogP contribution in [-0.2, 0) is 30.6 Å². The minimum absolute atomic E-state index is 0.0501. The highest BCUT2D eigenvalue weighted by molar-refractivity contribution is 9.18.